The molecule has 0 radical (unpaired) electrons. The monoisotopic (exact) mass is 319 g/mol. The molecule has 3 N–H and O–H groups in total. The van der Waals surface area contributed by atoms with Gasteiger partial charge in [0.2, 0.25) is 0 Å². The molecule has 1 aromatic rings. The highest BCUT2D eigenvalue weighted by molar-refractivity contribution is 5.85. The fraction of sp³-hybridized carbons (Fsp3) is 0.438. The Hall–Kier alpha value is -2.57. The zero-order chi connectivity index (χ0) is 16.7. The summed E-state index contributed by atoms with van der Waals surface area (Å²) in [7, 11) is 0. The van der Waals surface area contributed by atoms with Gasteiger partial charge in [0.1, 0.15) is 12.6 Å². The maximum absolute atomic E-state index is 11.8. The largest absolute Gasteiger partial charge is 0.481 e. The summed E-state index contributed by atoms with van der Waals surface area (Å²) in [6, 6.07) is 7.92. The van der Waals surface area contributed by atoms with Crippen molar-refractivity contribution in [2.75, 3.05) is 0 Å². The summed E-state index contributed by atoms with van der Waals surface area (Å²) in [5.74, 6) is -2.06. The quantitative estimate of drug-likeness (QED) is 0.734. The Labute approximate surface area is 132 Å². The average Bonchev–Trinajstić information content (AvgIpc) is 2.42. The maximum atomic E-state index is 11.8. The van der Waals surface area contributed by atoms with Crippen LogP contribution in [0.5, 0.6) is 0 Å². The molecule has 3 fully saturated rings. The van der Waals surface area contributed by atoms with Crippen molar-refractivity contribution in [1.82, 2.24) is 5.32 Å². The first-order valence-electron chi connectivity index (χ1n) is 7.30. The average molecular weight is 319 g/mol. The molecule has 7 nitrogen and oxygen atoms in total. The predicted molar refractivity (Wildman–Crippen MR) is 77.5 cm³/mol. The summed E-state index contributed by atoms with van der Waals surface area (Å²) in [6.45, 7) is 0.0467. The van der Waals surface area contributed by atoms with Crippen LogP contribution in [0, 0.1) is 10.8 Å². The second-order valence-electron chi connectivity index (χ2n) is 6.46. The predicted octanol–water partition coefficient (Wildman–Crippen LogP) is 1.62. The molecule has 1 aromatic carbocycles. The molecular formula is C16H17NO6. The number of rotatable bonds is 6. The van der Waals surface area contributed by atoms with E-state index in [0.29, 0.717) is 0 Å². The molecule has 23 heavy (non-hydrogen) atoms. The molecule has 0 aromatic heterocycles. The fourth-order valence-corrected chi connectivity index (χ4v) is 3.76. The van der Waals surface area contributed by atoms with Gasteiger partial charge in [-0.25, -0.2) is 9.59 Å². The van der Waals surface area contributed by atoms with E-state index in [4.69, 9.17) is 9.84 Å². The summed E-state index contributed by atoms with van der Waals surface area (Å²) < 4.78 is 5.03. The van der Waals surface area contributed by atoms with Crippen LogP contribution in [0.1, 0.15) is 24.8 Å². The van der Waals surface area contributed by atoms with Crippen LogP contribution >= 0.6 is 0 Å². The van der Waals surface area contributed by atoms with Gasteiger partial charge in [0.25, 0.3) is 0 Å². The van der Waals surface area contributed by atoms with E-state index in [1.54, 1.807) is 12.1 Å². The smallest absolute Gasteiger partial charge is 0.408 e. The van der Waals surface area contributed by atoms with Gasteiger partial charge in [0, 0.05) is 5.41 Å². The molecule has 0 aliphatic heterocycles. The van der Waals surface area contributed by atoms with Gasteiger partial charge in [-0.1, -0.05) is 30.3 Å². The van der Waals surface area contributed by atoms with Gasteiger partial charge in [0.05, 0.1) is 5.41 Å². The van der Waals surface area contributed by atoms with Crippen LogP contribution in [-0.4, -0.2) is 34.3 Å². The maximum Gasteiger partial charge on any atom is 0.408 e. The lowest BCUT2D eigenvalue weighted by Gasteiger charge is -2.69. The van der Waals surface area contributed by atoms with Crippen LogP contribution in [0.2, 0.25) is 0 Å². The number of carboxylic acids is 2. The van der Waals surface area contributed by atoms with Gasteiger partial charge in [-0.15, -0.1) is 0 Å². The first-order valence-corrected chi connectivity index (χ1v) is 7.30. The molecule has 1 unspecified atom stereocenters. The fourth-order valence-electron chi connectivity index (χ4n) is 3.76. The summed E-state index contributed by atoms with van der Waals surface area (Å²) in [6.07, 6.45) is 0.0391. The van der Waals surface area contributed by atoms with E-state index < -0.39 is 34.9 Å². The summed E-state index contributed by atoms with van der Waals surface area (Å²) in [5, 5.41) is 20.8. The van der Waals surface area contributed by atoms with Crippen molar-refractivity contribution in [2.24, 2.45) is 10.8 Å². The molecule has 3 aliphatic carbocycles. The third-order valence-corrected chi connectivity index (χ3v) is 4.86. The van der Waals surface area contributed by atoms with Gasteiger partial charge >= 0.3 is 18.0 Å². The number of nitrogens with one attached hydrogen (secondary N) is 1. The van der Waals surface area contributed by atoms with Crippen LogP contribution in [0.3, 0.4) is 0 Å². The second-order valence-corrected chi connectivity index (χ2v) is 6.46. The van der Waals surface area contributed by atoms with Crippen molar-refractivity contribution in [3.05, 3.63) is 35.9 Å². The molecule has 3 aliphatic rings. The molecule has 122 valence electrons. The van der Waals surface area contributed by atoms with Crippen LogP contribution in [0.15, 0.2) is 30.3 Å². The van der Waals surface area contributed by atoms with Crippen LogP contribution < -0.4 is 5.32 Å². The molecule has 1 amide bonds. The van der Waals surface area contributed by atoms with E-state index in [2.05, 4.69) is 5.32 Å². The van der Waals surface area contributed by atoms with Gasteiger partial charge in [-0.2, -0.15) is 0 Å². The molecule has 4 rings (SSSR count). The van der Waals surface area contributed by atoms with Crippen LogP contribution in [-0.2, 0) is 20.9 Å². The lowest BCUT2D eigenvalue weighted by atomic mass is 9.33. The molecule has 1 atom stereocenters. The number of hydrogen-bond donors (Lipinski definition) is 3. The number of carbonyl (C=O) groups excluding carboxylic acids is 1. The van der Waals surface area contributed by atoms with Crippen LogP contribution in [0.25, 0.3) is 0 Å². The number of hydrogen-bond acceptors (Lipinski definition) is 4. The third kappa shape index (κ3) is 2.52. The van der Waals surface area contributed by atoms with E-state index in [0.717, 1.165) is 5.56 Å². The van der Waals surface area contributed by atoms with Crippen LogP contribution in [0.4, 0.5) is 4.79 Å². The minimum atomic E-state index is -1.17. The van der Waals surface area contributed by atoms with Gasteiger partial charge < -0.3 is 20.3 Å². The van der Waals surface area contributed by atoms with E-state index in [1.807, 2.05) is 18.2 Å². The topological polar surface area (TPSA) is 113 Å². The summed E-state index contributed by atoms with van der Waals surface area (Å²) >= 11 is 0. The van der Waals surface area contributed by atoms with E-state index >= 15 is 0 Å². The summed E-state index contributed by atoms with van der Waals surface area (Å²) in [4.78, 5) is 34.4. The van der Waals surface area contributed by atoms with Crippen molar-refractivity contribution >= 4 is 18.0 Å². The van der Waals surface area contributed by atoms with E-state index in [9.17, 15) is 19.5 Å². The van der Waals surface area contributed by atoms with Crippen molar-refractivity contribution in [3.63, 3.8) is 0 Å². The minimum absolute atomic E-state index is 0.0467. The minimum Gasteiger partial charge on any atom is -0.481 e. The molecular weight excluding hydrogens is 302 g/mol. The highest BCUT2D eigenvalue weighted by atomic mass is 16.5. The third-order valence-electron chi connectivity index (χ3n) is 4.86. The van der Waals surface area contributed by atoms with Crippen molar-refractivity contribution in [3.8, 4) is 0 Å². The SMILES string of the molecule is O=C(NC(C(=O)O)C12CC(C(=O)O)(C1)C2)OCc1ccccc1. The van der Waals surface area contributed by atoms with Crippen molar-refractivity contribution in [1.29, 1.82) is 0 Å². The Bertz CT molecular complexity index is 636. The first kappa shape index (κ1) is 15.3. The van der Waals surface area contributed by atoms with Gasteiger partial charge in [-0.3, -0.25) is 4.79 Å². The summed E-state index contributed by atoms with van der Waals surface area (Å²) in [5.41, 5.74) is -0.649. The Kier molecular flexibility index (Phi) is 3.50. The molecule has 7 heteroatoms. The number of amides is 1. The number of benzene rings is 1. The Morgan fingerprint density at radius 3 is 2.26 bits per heavy atom. The van der Waals surface area contributed by atoms with Gasteiger partial charge in [-0.05, 0) is 24.8 Å². The number of carboxylic acid groups (broad SMARTS) is 2. The van der Waals surface area contributed by atoms with E-state index in [1.165, 1.54) is 0 Å². The first-order chi connectivity index (χ1) is 10.9. The Morgan fingerprint density at radius 2 is 1.74 bits per heavy atom. The van der Waals surface area contributed by atoms with E-state index in [-0.39, 0.29) is 25.9 Å². The molecule has 0 heterocycles. The molecule has 0 spiro atoms. The zero-order valence-corrected chi connectivity index (χ0v) is 12.3. The molecule has 0 saturated heterocycles. The van der Waals surface area contributed by atoms with Gasteiger partial charge in [0.15, 0.2) is 0 Å². The Balaban J connectivity index is 1.56. The zero-order valence-electron chi connectivity index (χ0n) is 12.3. The standard InChI is InChI=1S/C16H17NO6/c18-12(19)11(15-7-16(8-15,9-15)13(20)21)17-14(22)23-6-10-4-2-1-3-5-10/h1-5,11H,6-9H2,(H,17,22)(H,18,19)(H,20,21). The Morgan fingerprint density at radius 1 is 1.13 bits per heavy atom. The van der Waals surface area contributed by atoms with Crippen molar-refractivity contribution < 1.29 is 29.3 Å². The highest BCUT2D eigenvalue weighted by Crippen LogP contribution is 2.74. The normalized spacial score (nSPS) is 28.7. The van der Waals surface area contributed by atoms with Crippen molar-refractivity contribution in [2.45, 2.75) is 31.9 Å². The number of carbonyl (C=O) groups is 3. The second kappa shape index (κ2) is 5.26. The molecule has 2 bridgehead atoms. The molecule has 3 saturated carbocycles. The lowest BCUT2D eigenvalue weighted by Crippen LogP contribution is -2.73. The number of ether oxygens (including phenoxy) is 1. The lowest BCUT2D eigenvalue weighted by molar-refractivity contribution is -0.234. The number of alkyl carbamates (subject to hydrolysis) is 1. The highest BCUT2D eigenvalue weighted by Gasteiger charge is 2.75. The number of aliphatic carboxylic acids is 2.